The molecule has 0 bridgehead atoms. The molecule has 0 rings (SSSR count). The van der Waals surface area contributed by atoms with Gasteiger partial charge in [-0.15, -0.1) is 0 Å². The third-order valence-corrected chi connectivity index (χ3v) is 0. The van der Waals surface area contributed by atoms with Crippen LogP contribution in [0.25, 0.3) is 0 Å². The Labute approximate surface area is 99.5 Å². The van der Waals surface area contributed by atoms with Gasteiger partial charge in [-0.25, -0.2) is 0 Å². The molecule has 0 aliphatic carbocycles. The molecule has 42 valence electrons. The van der Waals surface area contributed by atoms with E-state index in [0.717, 1.165) is 0 Å². The van der Waals surface area contributed by atoms with Crippen LogP contribution in [0.1, 0.15) is 0 Å². The second kappa shape index (κ2) is 35.9. The number of hydrogen-bond donors (Lipinski definition) is 0. The first kappa shape index (κ1) is 22.5. The number of rotatable bonds is 0. The summed E-state index contributed by atoms with van der Waals surface area (Å²) >= 11 is -3.50. The summed E-state index contributed by atoms with van der Waals surface area (Å²) in [4.78, 5) is 0. The van der Waals surface area contributed by atoms with Crippen molar-refractivity contribution in [1.29, 1.82) is 0 Å². The van der Waals surface area contributed by atoms with E-state index in [1.165, 1.54) is 0 Å². The predicted octanol–water partition coefficient (Wildman–Crippen LogP) is -3.76. The number of hydrogen-bond acceptors (Lipinski definition) is 4. The third-order valence-electron chi connectivity index (χ3n) is 0. The molecule has 0 aromatic heterocycles. The molecule has 0 aliphatic heterocycles. The van der Waals surface area contributed by atoms with E-state index < -0.39 is 31.0 Å². The molecule has 0 atom stereocenters. The molecular weight excluding hydrogens is 217 g/mol. The van der Waals surface area contributed by atoms with Crippen molar-refractivity contribution < 1.29 is 32.4 Å². The zero-order chi connectivity index (χ0) is 5.41. The zero-order valence-electron chi connectivity index (χ0n) is 3.81. The van der Waals surface area contributed by atoms with Gasteiger partial charge in [0.15, 0.2) is 0 Å². The Hall–Kier alpha value is 2.02. The van der Waals surface area contributed by atoms with Crippen molar-refractivity contribution in [1.82, 2.24) is 0 Å². The topological polar surface area (TPSA) is 80.3 Å². The van der Waals surface area contributed by atoms with Crippen LogP contribution in [0.3, 0.4) is 0 Å². The van der Waals surface area contributed by atoms with Gasteiger partial charge in [0.1, 0.15) is 0 Å². The Bertz CT molecular complexity index is 35.0. The van der Waals surface area contributed by atoms with Gasteiger partial charge >= 0.3 is 84.6 Å². The first-order valence-corrected chi connectivity index (χ1v) is 2.83. The fraction of sp³-hybridized carbons (Fsp3) is 0. The van der Waals surface area contributed by atoms with Crippen molar-refractivity contribution in [3.05, 3.63) is 0 Å². The molecular formula is Al2CaNiO4. The fourth-order valence-corrected chi connectivity index (χ4v) is 0. The maximum atomic E-state index is 8.46. The van der Waals surface area contributed by atoms with Gasteiger partial charge in [0.2, 0.25) is 0 Å². The quantitative estimate of drug-likeness (QED) is 0.390. The van der Waals surface area contributed by atoms with Crippen LogP contribution in [0, 0.1) is 0 Å². The van der Waals surface area contributed by atoms with E-state index in [1.54, 1.807) is 0 Å². The normalized spacial score (nSPS) is 2.00. The summed E-state index contributed by atoms with van der Waals surface area (Å²) in [7, 11) is 0. The van der Waals surface area contributed by atoms with Gasteiger partial charge in [-0.2, -0.15) is 0 Å². The van der Waals surface area contributed by atoms with Crippen LogP contribution in [-0.2, 0) is 24.1 Å². The van der Waals surface area contributed by atoms with Crippen molar-refractivity contribution in [2.75, 3.05) is 0 Å². The van der Waals surface area contributed by atoms with Crippen LogP contribution in [-0.4, -0.2) is 68.7 Å². The Morgan fingerprint density at radius 1 is 1.00 bits per heavy atom. The molecule has 0 saturated carbocycles. The Balaban J connectivity index is -0.0000000160. The third kappa shape index (κ3) is 97.0. The molecule has 0 aromatic rings. The van der Waals surface area contributed by atoms with Crippen LogP contribution in [0.5, 0.6) is 0 Å². The van der Waals surface area contributed by atoms with E-state index in [1.807, 2.05) is 0 Å². The SMILES string of the molecule is [Ca+2].[Ni].[O]=[Al][O-].[O]=[Al][O-]. The molecule has 4 nitrogen and oxygen atoms in total. The minimum absolute atomic E-state index is 0. The summed E-state index contributed by atoms with van der Waals surface area (Å²) in [5, 5.41) is 0. The van der Waals surface area contributed by atoms with Crippen molar-refractivity contribution in [2.24, 2.45) is 0 Å². The second-order valence-electron chi connectivity index (χ2n) is 0.192. The van der Waals surface area contributed by atoms with Crippen LogP contribution >= 0.6 is 0 Å². The van der Waals surface area contributed by atoms with Gasteiger partial charge in [0, 0.05) is 16.5 Å². The summed E-state index contributed by atoms with van der Waals surface area (Å²) in [5.74, 6) is 0. The average Bonchev–Trinajstić information content (AvgIpc) is 1.39. The van der Waals surface area contributed by atoms with E-state index in [9.17, 15) is 0 Å². The van der Waals surface area contributed by atoms with Crippen molar-refractivity contribution in [3.63, 3.8) is 0 Å². The molecule has 0 amide bonds. The van der Waals surface area contributed by atoms with Gasteiger partial charge in [-0.1, -0.05) is 0 Å². The summed E-state index contributed by atoms with van der Waals surface area (Å²) in [6.07, 6.45) is 0. The monoisotopic (exact) mass is 216 g/mol. The van der Waals surface area contributed by atoms with Gasteiger partial charge in [-0.05, 0) is 0 Å². The second-order valence-corrected chi connectivity index (χ2v) is 0.577. The summed E-state index contributed by atoms with van der Waals surface area (Å²) < 4.78 is 33.8. The Morgan fingerprint density at radius 2 is 1.00 bits per heavy atom. The van der Waals surface area contributed by atoms with Gasteiger partial charge < -0.3 is 0 Å². The van der Waals surface area contributed by atoms with Crippen LogP contribution in [0.15, 0.2) is 0 Å². The molecule has 0 unspecified atom stereocenters. The molecule has 0 heterocycles. The molecule has 0 radical (unpaired) electrons. The molecule has 0 N–H and O–H groups in total. The van der Waals surface area contributed by atoms with Gasteiger partial charge in [0.25, 0.3) is 0 Å². The van der Waals surface area contributed by atoms with Crippen molar-refractivity contribution in [2.45, 2.75) is 0 Å². The Morgan fingerprint density at radius 3 is 1.00 bits per heavy atom. The first-order chi connectivity index (χ1) is 2.83. The molecule has 0 aromatic carbocycles. The fourth-order valence-electron chi connectivity index (χ4n) is 0. The molecule has 0 saturated heterocycles. The van der Waals surface area contributed by atoms with E-state index in [4.69, 9.17) is 15.9 Å². The van der Waals surface area contributed by atoms with E-state index in [0.29, 0.717) is 0 Å². The van der Waals surface area contributed by atoms with Crippen LogP contribution in [0.2, 0.25) is 0 Å². The van der Waals surface area contributed by atoms with E-state index in [2.05, 4.69) is 0 Å². The van der Waals surface area contributed by atoms with E-state index >= 15 is 0 Å². The minimum atomic E-state index is -1.75. The van der Waals surface area contributed by atoms with Gasteiger partial charge in [-0.3, -0.25) is 0 Å². The molecule has 8 heteroatoms. The predicted molar refractivity (Wildman–Crippen MR) is 18.6 cm³/mol. The molecule has 0 spiro atoms. The Kier molecular flexibility index (Phi) is 101. The van der Waals surface area contributed by atoms with Crippen LogP contribution < -0.4 is 8.32 Å². The first-order valence-electron chi connectivity index (χ1n) is 0.943. The molecule has 0 aliphatic rings. The maximum absolute atomic E-state index is 8.46. The average molecular weight is 217 g/mol. The summed E-state index contributed by atoms with van der Waals surface area (Å²) in [6, 6.07) is 0. The molecule has 0 fully saturated rings. The van der Waals surface area contributed by atoms with Crippen LogP contribution in [0.4, 0.5) is 0 Å². The van der Waals surface area contributed by atoms with Gasteiger partial charge in [0.05, 0.1) is 0 Å². The molecule has 8 heavy (non-hydrogen) atoms. The van der Waals surface area contributed by atoms with Crippen molar-refractivity contribution >= 4 is 68.7 Å². The summed E-state index contributed by atoms with van der Waals surface area (Å²) in [5.41, 5.74) is 0. The zero-order valence-corrected chi connectivity index (χ0v) is 9.32. The summed E-state index contributed by atoms with van der Waals surface area (Å²) in [6.45, 7) is 0. The van der Waals surface area contributed by atoms with E-state index in [-0.39, 0.29) is 54.2 Å². The van der Waals surface area contributed by atoms with Crippen molar-refractivity contribution in [3.8, 4) is 0 Å². The standard InChI is InChI=1S/2Al.Ca.Ni.4O/q;;+2;;;;2*-1.